The lowest BCUT2D eigenvalue weighted by Crippen LogP contribution is -2.15. The molecule has 0 saturated carbocycles. The Morgan fingerprint density at radius 1 is 1.29 bits per heavy atom. The Labute approximate surface area is 98.4 Å². The maximum atomic E-state index is 12.1. The van der Waals surface area contributed by atoms with E-state index in [2.05, 4.69) is 0 Å². The molecule has 0 saturated heterocycles. The summed E-state index contributed by atoms with van der Waals surface area (Å²) in [6, 6.07) is 8.84. The maximum absolute atomic E-state index is 12.1. The smallest absolute Gasteiger partial charge is 0.265 e. The molecule has 2 rings (SSSR count). The molecular formula is C13H11NO3. The fraction of sp³-hybridized carbons (Fsp3) is 0.154. The molecule has 1 atom stereocenters. The molecule has 0 N–H and O–H groups in total. The zero-order chi connectivity index (χ0) is 12.3. The van der Waals surface area contributed by atoms with Gasteiger partial charge < -0.3 is 0 Å². The molecule has 0 heterocycles. The first-order valence-electron chi connectivity index (χ1n) is 5.30. The molecule has 0 radical (unpaired) electrons. The zero-order valence-corrected chi connectivity index (χ0v) is 9.08. The van der Waals surface area contributed by atoms with Gasteiger partial charge in [-0.2, -0.15) is 0 Å². The summed E-state index contributed by atoms with van der Waals surface area (Å²) in [5.41, 5.74) is 0.581. The van der Waals surface area contributed by atoms with Gasteiger partial charge in [0.25, 0.3) is 5.70 Å². The third-order valence-corrected chi connectivity index (χ3v) is 2.66. The van der Waals surface area contributed by atoms with E-state index < -0.39 is 10.8 Å². The fourth-order valence-electron chi connectivity index (χ4n) is 1.79. The average molecular weight is 229 g/mol. The molecule has 0 spiro atoms. The molecule has 1 aromatic rings. The van der Waals surface area contributed by atoms with Crippen LogP contribution in [0.1, 0.15) is 16.8 Å². The largest absolute Gasteiger partial charge is 0.294 e. The lowest BCUT2D eigenvalue weighted by atomic mass is 9.91. The molecule has 0 aliphatic heterocycles. The molecule has 17 heavy (non-hydrogen) atoms. The van der Waals surface area contributed by atoms with Crippen LogP contribution in [0.15, 0.2) is 54.3 Å². The van der Waals surface area contributed by atoms with Gasteiger partial charge in [-0.05, 0) is 6.42 Å². The summed E-state index contributed by atoms with van der Waals surface area (Å²) in [5.74, 6) is -0.503. The van der Waals surface area contributed by atoms with Gasteiger partial charge in [0.15, 0.2) is 5.78 Å². The first-order chi connectivity index (χ1) is 8.18. The predicted molar refractivity (Wildman–Crippen MR) is 63.1 cm³/mol. The van der Waals surface area contributed by atoms with Crippen molar-refractivity contribution in [3.8, 4) is 0 Å². The second-order valence-electron chi connectivity index (χ2n) is 3.82. The number of nitrogens with zero attached hydrogens (tertiary/aromatic N) is 1. The third-order valence-electron chi connectivity index (χ3n) is 2.66. The Balaban J connectivity index is 2.22. The highest BCUT2D eigenvalue weighted by Crippen LogP contribution is 2.21. The van der Waals surface area contributed by atoms with Crippen LogP contribution in [0.2, 0.25) is 0 Å². The molecule has 0 aromatic heterocycles. The summed E-state index contributed by atoms with van der Waals surface area (Å²) in [4.78, 5) is 22.2. The lowest BCUT2D eigenvalue weighted by Gasteiger charge is -2.11. The molecule has 1 aromatic carbocycles. The summed E-state index contributed by atoms with van der Waals surface area (Å²) in [6.45, 7) is 0. The zero-order valence-electron chi connectivity index (χ0n) is 9.08. The highest BCUT2D eigenvalue weighted by molar-refractivity contribution is 5.99. The number of rotatable bonds is 3. The summed E-state index contributed by atoms with van der Waals surface area (Å²) in [5, 5.41) is 10.6. The van der Waals surface area contributed by atoms with Gasteiger partial charge >= 0.3 is 0 Å². The van der Waals surface area contributed by atoms with Crippen LogP contribution in [-0.4, -0.2) is 10.7 Å². The lowest BCUT2D eigenvalue weighted by molar-refractivity contribution is -0.419. The van der Waals surface area contributed by atoms with E-state index in [0.29, 0.717) is 12.0 Å². The Kier molecular flexibility index (Phi) is 3.14. The van der Waals surface area contributed by atoms with Crippen molar-refractivity contribution < 1.29 is 9.72 Å². The first-order valence-corrected chi connectivity index (χ1v) is 5.30. The molecule has 1 aliphatic rings. The van der Waals surface area contributed by atoms with E-state index >= 15 is 0 Å². The molecule has 0 bridgehead atoms. The fourth-order valence-corrected chi connectivity index (χ4v) is 1.79. The number of hydrogen-bond donors (Lipinski definition) is 0. The van der Waals surface area contributed by atoms with Crippen molar-refractivity contribution in [3.05, 3.63) is 69.9 Å². The van der Waals surface area contributed by atoms with Gasteiger partial charge in [-0.15, -0.1) is 0 Å². The Bertz CT molecular complexity index is 503. The molecule has 1 aliphatic carbocycles. The van der Waals surface area contributed by atoms with Gasteiger partial charge in [0, 0.05) is 17.7 Å². The van der Waals surface area contributed by atoms with Crippen LogP contribution in [0, 0.1) is 16.0 Å². The highest BCUT2D eigenvalue weighted by atomic mass is 16.6. The Morgan fingerprint density at radius 3 is 2.65 bits per heavy atom. The van der Waals surface area contributed by atoms with Crippen molar-refractivity contribution in [3.63, 3.8) is 0 Å². The SMILES string of the molecule is O=C(c1ccccc1)C1C=C([N+](=O)[O-])C=CC1. The number of carbonyl (C=O) groups is 1. The van der Waals surface area contributed by atoms with Crippen LogP contribution in [0.25, 0.3) is 0 Å². The maximum Gasteiger partial charge on any atom is 0.265 e. The molecule has 0 amide bonds. The summed E-state index contributed by atoms with van der Waals surface area (Å²) < 4.78 is 0. The van der Waals surface area contributed by atoms with Crippen molar-refractivity contribution in [1.82, 2.24) is 0 Å². The standard InChI is InChI=1S/C13H11NO3/c15-13(10-5-2-1-3-6-10)11-7-4-8-12(9-11)14(16)17/h1-6,8-9,11H,7H2. The minimum atomic E-state index is -0.471. The highest BCUT2D eigenvalue weighted by Gasteiger charge is 2.23. The van der Waals surface area contributed by atoms with E-state index in [0.717, 1.165) is 0 Å². The number of Topliss-reactive ketones (excluding diaryl/α,β-unsaturated/α-hetero) is 1. The molecule has 86 valence electrons. The molecule has 4 heteroatoms. The van der Waals surface area contributed by atoms with E-state index in [9.17, 15) is 14.9 Å². The van der Waals surface area contributed by atoms with E-state index in [1.807, 2.05) is 6.07 Å². The van der Waals surface area contributed by atoms with Crippen LogP contribution in [0.5, 0.6) is 0 Å². The topological polar surface area (TPSA) is 60.2 Å². The second-order valence-corrected chi connectivity index (χ2v) is 3.82. The molecule has 1 unspecified atom stereocenters. The van der Waals surface area contributed by atoms with Gasteiger partial charge in [-0.1, -0.05) is 36.4 Å². The van der Waals surface area contributed by atoms with Crippen LogP contribution < -0.4 is 0 Å². The first kappa shape index (κ1) is 11.3. The summed E-state index contributed by atoms with van der Waals surface area (Å²) >= 11 is 0. The van der Waals surface area contributed by atoms with Crippen LogP contribution in [0.3, 0.4) is 0 Å². The van der Waals surface area contributed by atoms with Gasteiger partial charge in [-0.3, -0.25) is 14.9 Å². The summed E-state index contributed by atoms with van der Waals surface area (Å²) in [7, 11) is 0. The minimum Gasteiger partial charge on any atom is -0.294 e. The normalized spacial score (nSPS) is 18.6. The number of allylic oxidation sites excluding steroid dienone is 3. The minimum absolute atomic E-state index is 0.00877. The quantitative estimate of drug-likeness (QED) is 0.454. The second kappa shape index (κ2) is 4.74. The van der Waals surface area contributed by atoms with E-state index in [1.165, 1.54) is 12.2 Å². The van der Waals surface area contributed by atoms with Crippen molar-refractivity contribution in [2.24, 2.45) is 5.92 Å². The van der Waals surface area contributed by atoms with Gasteiger partial charge in [-0.25, -0.2) is 0 Å². The molecule has 4 nitrogen and oxygen atoms in total. The molecular weight excluding hydrogens is 218 g/mol. The predicted octanol–water partition coefficient (Wildman–Crippen LogP) is 2.61. The number of benzene rings is 1. The summed E-state index contributed by atoms with van der Waals surface area (Å²) in [6.07, 6.45) is 5.05. The molecule has 0 fully saturated rings. The van der Waals surface area contributed by atoms with Crippen LogP contribution >= 0.6 is 0 Å². The number of nitro groups is 1. The van der Waals surface area contributed by atoms with E-state index in [1.54, 1.807) is 30.3 Å². The van der Waals surface area contributed by atoms with E-state index in [4.69, 9.17) is 0 Å². The average Bonchev–Trinajstić information content (AvgIpc) is 2.39. The van der Waals surface area contributed by atoms with Crippen LogP contribution in [-0.2, 0) is 0 Å². The van der Waals surface area contributed by atoms with Crippen LogP contribution in [0.4, 0.5) is 0 Å². The van der Waals surface area contributed by atoms with Crippen molar-refractivity contribution in [2.75, 3.05) is 0 Å². The van der Waals surface area contributed by atoms with E-state index in [-0.39, 0.29) is 11.5 Å². The van der Waals surface area contributed by atoms with Crippen molar-refractivity contribution in [2.45, 2.75) is 6.42 Å². The van der Waals surface area contributed by atoms with Gasteiger partial charge in [0.1, 0.15) is 0 Å². The van der Waals surface area contributed by atoms with Gasteiger partial charge in [0.05, 0.1) is 10.8 Å². The Morgan fingerprint density at radius 2 is 2.00 bits per heavy atom. The number of carbonyl (C=O) groups excluding carboxylic acids is 1. The Hall–Kier alpha value is -2.23. The number of hydrogen-bond acceptors (Lipinski definition) is 3. The van der Waals surface area contributed by atoms with Crippen molar-refractivity contribution in [1.29, 1.82) is 0 Å². The number of ketones is 1. The van der Waals surface area contributed by atoms with Crippen molar-refractivity contribution >= 4 is 5.78 Å². The monoisotopic (exact) mass is 229 g/mol. The third kappa shape index (κ3) is 2.47. The van der Waals surface area contributed by atoms with Gasteiger partial charge in [0.2, 0.25) is 0 Å².